The Morgan fingerprint density at radius 2 is 1.93 bits per heavy atom. The van der Waals surface area contributed by atoms with Crippen molar-refractivity contribution in [2.45, 2.75) is 13.8 Å². The molecule has 0 aromatic heterocycles. The van der Waals surface area contributed by atoms with Crippen LogP contribution in [0.3, 0.4) is 0 Å². The Labute approximate surface area is 82.9 Å². The van der Waals surface area contributed by atoms with Gasteiger partial charge in [-0.3, -0.25) is 0 Å². The molecule has 0 spiro atoms. The summed E-state index contributed by atoms with van der Waals surface area (Å²) < 4.78 is 0. The van der Waals surface area contributed by atoms with Crippen molar-refractivity contribution >= 4 is 11.5 Å². The number of carboxylic acid groups (broad SMARTS) is 1. The largest absolute Gasteiger partial charge is 0.477 e. The number of carboxylic acids is 1. The second-order valence-corrected chi connectivity index (χ2v) is 3.16. The van der Waals surface area contributed by atoms with Crippen LogP contribution in [0.25, 0.3) is 5.57 Å². The molecule has 1 aromatic carbocycles. The second-order valence-electron chi connectivity index (χ2n) is 3.16. The Hall–Kier alpha value is -1.77. The molecule has 0 saturated heterocycles. The smallest absolute Gasteiger partial charge is 0.352 e. The molecule has 0 fully saturated rings. The van der Waals surface area contributed by atoms with E-state index in [1.807, 2.05) is 31.2 Å². The van der Waals surface area contributed by atoms with Gasteiger partial charge >= 0.3 is 5.97 Å². The average molecular weight is 191 g/mol. The van der Waals surface area contributed by atoms with Crippen LogP contribution < -0.4 is 5.73 Å². The number of hydrogen-bond acceptors (Lipinski definition) is 2. The third-order valence-electron chi connectivity index (χ3n) is 2.18. The van der Waals surface area contributed by atoms with E-state index in [-0.39, 0.29) is 5.70 Å². The molecule has 1 rings (SSSR count). The molecule has 14 heavy (non-hydrogen) atoms. The lowest BCUT2D eigenvalue weighted by molar-refractivity contribution is -0.132. The van der Waals surface area contributed by atoms with E-state index in [1.54, 1.807) is 6.92 Å². The molecule has 0 bridgehead atoms. The molecule has 0 radical (unpaired) electrons. The van der Waals surface area contributed by atoms with E-state index in [4.69, 9.17) is 10.8 Å². The zero-order chi connectivity index (χ0) is 10.7. The number of rotatable bonds is 2. The lowest BCUT2D eigenvalue weighted by atomic mass is 10.0. The summed E-state index contributed by atoms with van der Waals surface area (Å²) in [5, 5.41) is 8.72. The monoisotopic (exact) mass is 191 g/mol. The van der Waals surface area contributed by atoms with Gasteiger partial charge < -0.3 is 10.8 Å². The molecule has 3 N–H and O–H groups in total. The van der Waals surface area contributed by atoms with Gasteiger partial charge in [0.1, 0.15) is 5.70 Å². The van der Waals surface area contributed by atoms with Crippen molar-refractivity contribution in [3.63, 3.8) is 0 Å². The summed E-state index contributed by atoms with van der Waals surface area (Å²) in [5.74, 6) is -1.08. The molecule has 0 amide bonds. The highest BCUT2D eigenvalue weighted by atomic mass is 16.4. The van der Waals surface area contributed by atoms with E-state index >= 15 is 0 Å². The van der Waals surface area contributed by atoms with E-state index in [0.29, 0.717) is 5.57 Å². The van der Waals surface area contributed by atoms with Crippen molar-refractivity contribution in [1.82, 2.24) is 0 Å². The van der Waals surface area contributed by atoms with Crippen LogP contribution in [0.2, 0.25) is 0 Å². The van der Waals surface area contributed by atoms with Crippen molar-refractivity contribution in [3.8, 4) is 0 Å². The third kappa shape index (κ3) is 1.93. The molecule has 74 valence electrons. The predicted molar refractivity (Wildman–Crippen MR) is 55.6 cm³/mol. The minimum absolute atomic E-state index is 0.0979. The summed E-state index contributed by atoms with van der Waals surface area (Å²) in [6.45, 7) is 3.64. The Bertz CT molecular complexity index is 394. The summed E-state index contributed by atoms with van der Waals surface area (Å²) in [6.07, 6.45) is 0. The number of aliphatic carboxylic acids is 1. The maximum absolute atomic E-state index is 10.6. The van der Waals surface area contributed by atoms with Gasteiger partial charge in [0, 0.05) is 0 Å². The van der Waals surface area contributed by atoms with E-state index < -0.39 is 5.97 Å². The van der Waals surface area contributed by atoms with Gasteiger partial charge in [-0.25, -0.2) is 4.79 Å². The summed E-state index contributed by atoms with van der Waals surface area (Å²) in [6, 6.07) is 7.55. The fraction of sp³-hybridized carbons (Fsp3) is 0.182. The van der Waals surface area contributed by atoms with E-state index in [0.717, 1.165) is 11.1 Å². The van der Waals surface area contributed by atoms with Gasteiger partial charge in [-0.05, 0) is 30.5 Å². The molecule has 1 aromatic rings. The zero-order valence-electron chi connectivity index (χ0n) is 8.24. The van der Waals surface area contributed by atoms with Crippen LogP contribution in [0.1, 0.15) is 18.1 Å². The molecule has 0 aliphatic heterocycles. The molecule has 0 heterocycles. The predicted octanol–water partition coefficient (Wildman–Crippen LogP) is 1.77. The first-order valence-electron chi connectivity index (χ1n) is 4.29. The minimum Gasteiger partial charge on any atom is -0.477 e. The van der Waals surface area contributed by atoms with Crippen LogP contribution in [-0.4, -0.2) is 11.1 Å². The maximum Gasteiger partial charge on any atom is 0.352 e. The Kier molecular flexibility index (Phi) is 2.92. The topological polar surface area (TPSA) is 63.3 Å². The second kappa shape index (κ2) is 3.96. The molecule has 0 unspecified atom stereocenters. The van der Waals surface area contributed by atoms with Crippen LogP contribution in [0.15, 0.2) is 30.0 Å². The molecule has 0 aliphatic carbocycles. The summed E-state index contributed by atoms with van der Waals surface area (Å²) in [7, 11) is 0. The van der Waals surface area contributed by atoms with Gasteiger partial charge in [0.25, 0.3) is 0 Å². The van der Waals surface area contributed by atoms with E-state index in [1.165, 1.54) is 0 Å². The number of hydrogen-bond donors (Lipinski definition) is 2. The SMILES string of the molecule is CC(=C(N)C(=O)O)c1ccccc1C. The maximum atomic E-state index is 10.6. The van der Waals surface area contributed by atoms with Crippen LogP contribution >= 0.6 is 0 Å². The Morgan fingerprint density at radius 1 is 1.36 bits per heavy atom. The summed E-state index contributed by atoms with van der Waals surface area (Å²) in [4.78, 5) is 10.6. The Morgan fingerprint density at radius 3 is 2.43 bits per heavy atom. The standard InChI is InChI=1S/C11H13NO2/c1-7-5-3-4-6-9(7)8(2)10(12)11(13)14/h3-6H,12H2,1-2H3,(H,13,14). The molecule has 3 heteroatoms. The lowest BCUT2D eigenvalue weighted by Gasteiger charge is -2.07. The molecular formula is C11H13NO2. The number of carbonyl (C=O) groups is 1. The van der Waals surface area contributed by atoms with Crippen molar-refractivity contribution < 1.29 is 9.90 Å². The first-order valence-corrected chi connectivity index (χ1v) is 4.29. The lowest BCUT2D eigenvalue weighted by Crippen LogP contribution is -2.12. The van der Waals surface area contributed by atoms with Crippen molar-refractivity contribution in [2.24, 2.45) is 5.73 Å². The van der Waals surface area contributed by atoms with E-state index in [9.17, 15) is 4.79 Å². The minimum atomic E-state index is -1.08. The highest BCUT2D eigenvalue weighted by Gasteiger charge is 2.09. The zero-order valence-corrected chi connectivity index (χ0v) is 8.24. The summed E-state index contributed by atoms with van der Waals surface area (Å²) in [5.41, 5.74) is 7.85. The van der Waals surface area contributed by atoms with E-state index in [2.05, 4.69) is 0 Å². The number of benzene rings is 1. The van der Waals surface area contributed by atoms with Gasteiger partial charge in [0.15, 0.2) is 0 Å². The van der Waals surface area contributed by atoms with Crippen LogP contribution in [0, 0.1) is 6.92 Å². The summed E-state index contributed by atoms with van der Waals surface area (Å²) >= 11 is 0. The molecule has 0 atom stereocenters. The molecular weight excluding hydrogens is 178 g/mol. The Balaban J connectivity index is 3.25. The molecule has 0 saturated carbocycles. The third-order valence-corrected chi connectivity index (χ3v) is 2.18. The molecule has 3 nitrogen and oxygen atoms in total. The van der Waals surface area contributed by atoms with Gasteiger partial charge in [0.2, 0.25) is 0 Å². The quantitative estimate of drug-likeness (QED) is 0.700. The fourth-order valence-corrected chi connectivity index (χ4v) is 1.30. The number of nitrogens with two attached hydrogens (primary N) is 1. The van der Waals surface area contributed by atoms with Crippen LogP contribution in [0.5, 0.6) is 0 Å². The fourth-order valence-electron chi connectivity index (χ4n) is 1.30. The van der Waals surface area contributed by atoms with Gasteiger partial charge in [-0.2, -0.15) is 0 Å². The number of aryl methyl sites for hydroxylation is 1. The highest BCUT2D eigenvalue weighted by molar-refractivity contribution is 5.95. The highest BCUT2D eigenvalue weighted by Crippen LogP contribution is 2.19. The van der Waals surface area contributed by atoms with Crippen molar-refractivity contribution in [2.75, 3.05) is 0 Å². The van der Waals surface area contributed by atoms with Crippen molar-refractivity contribution in [1.29, 1.82) is 0 Å². The van der Waals surface area contributed by atoms with Gasteiger partial charge in [0.05, 0.1) is 0 Å². The first-order chi connectivity index (χ1) is 6.54. The first kappa shape index (κ1) is 10.3. The molecule has 0 aliphatic rings. The van der Waals surface area contributed by atoms with Gasteiger partial charge in [-0.1, -0.05) is 24.3 Å². The average Bonchev–Trinajstić information content (AvgIpc) is 2.16. The van der Waals surface area contributed by atoms with Gasteiger partial charge in [-0.15, -0.1) is 0 Å². The van der Waals surface area contributed by atoms with Crippen LogP contribution in [-0.2, 0) is 4.79 Å². The number of allylic oxidation sites excluding steroid dienone is 1. The van der Waals surface area contributed by atoms with Crippen molar-refractivity contribution in [3.05, 3.63) is 41.1 Å². The van der Waals surface area contributed by atoms with Crippen LogP contribution in [0.4, 0.5) is 0 Å². The normalized spacial score (nSPS) is 12.1.